The van der Waals surface area contributed by atoms with Crippen LogP contribution in [0.1, 0.15) is 27.0 Å². The number of para-hydroxylation sites is 1. The molecule has 3 aromatic carbocycles. The Morgan fingerprint density at radius 2 is 1.73 bits per heavy atom. The van der Waals surface area contributed by atoms with Crippen molar-refractivity contribution in [3.05, 3.63) is 94.7 Å². The van der Waals surface area contributed by atoms with Crippen LogP contribution in [0.2, 0.25) is 0 Å². The molecule has 4 rings (SSSR count). The number of hydrogen-bond acceptors (Lipinski definition) is 4. The summed E-state index contributed by atoms with van der Waals surface area (Å²) in [7, 11) is 3.64. The molecular formula is C25H24NO4+. The van der Waals surface area contributed by atoms with Crippen molar-refractivity contribution in [1.82, 2.24) is 0 Å². The number of rotatable bonds is 6. The van der Waals surface area contributed by atoms with Gasteiger partial charge in [-0.15, -0.1) is 0 Å². The van der Waals surface area contributed by atoms with Crippen molar-refractivity contribution in [3.63, 3.8) is 0 Å². The fraction of sp³-hybridized carbons (Fsp3) is 0.160. The number of fused-ring (bicyclic) bond motifs is 1. The molecule has 0 bridgehead atoms. The van der Waals surface area contributed by atoms with E-state index in [4.69, 9.17) is 9.47 Å². The summed E-state index contributed by atoms with van der Waals surface area (Å²) < 4.78 is 11.3. The number of carbonyl (C=O) groups is 1. The highest BCUT2D eigenvalue weighted by Crippen LogP contribution is 2.39. The molecule has 30 heavy (non-hydrogen) atoms. The number of ketones is 1. The summed E-state index contributed by atoms with van der Waals surface area (Å²) >= 11 is 0. The molecule has 0 amide bonds. The minimum absolute atomic E-state index is 0.132. The third-order valence-corrected chi connectivity index (χ3v) is 5.17. The molecule has 0 aromatic heterocycles. The van der Waals surface area contributed by atoms with Gasteiger partial charge in [-0.1, -0.05) is 48.5 Å². The molecule has 0 saturated heterocycles. The van der Waals surface area contributed by atoms with Crippen LogP contribution in [0, 0.1) is 0 Å². The first kappa shape index (κ1) is 19.7. The van der Waals surface area contributed by atoms with Crippen molar-refractivity contribution in [1.29, 1.82) is 0 Å². The molecule has 3 aromatic rings. The van der Waals surface area contributed by atoms with Crippen molar-refractivity contribution < 1.29 is 24.3 Å². The van der Waals surface area contributed by atoms with Gasteiger partial charge in [0.15, 0.2) is 11.5 Å². The lowest BCUT2D eigenvalue weighted by atomic mass is 10.0. The molecule has 2 N–H and O–H groups in total. The lowest BCUT2D eigenvalue weighted by molar-refractivity contribution is -0.907. The van der Waals surface area contributed by atoms with Crippen molar-refractivity contribution in [2.24, 2.45) is 0 Å². The minimum Gasteiger partial charge on any atom is -0.507 e. The Morgan fingerprint density at radius 1 is 1.00 bits per heavy atom. The number of phenolic OH excluding ortho intramolecular Hbond substituents is 1. The van der Waals surface area contributed by atoms with Gasteiger partial charge in [0.25, 0.3) is 0 Å². The molecule has 1 heterocycles. The molecule has 0 spiro atoms. The van der Waals surface area contributed by atoms with E-state index in [2.05, 4.69) is 12.1 Å². The largest absolute Gasteiger partial charge is 0.507 e. The van der Waals surface area contributed by atoms with Crippen LogP contribution >= 0.6 is 0 Å². The number of methoxy groups -OCH3 is 1. The number of benzene rings is 3. The van der Waals surface area contributed by atoms with Crippen LogP contribution in [0.15, 0.2) is 72.5 Å². The maximum Gasteiger partial charge on any atom is 0.231 e. The van der Waals surface area contributed by atoms with Gasteiger partial charge in [0, 0.05) is 11.1 Å². The van der Waals surface area contributed by atoms with Crippen LogP contribution in [-0.2, 0) is 13.1 Å². The second-order valence-corrected chi connectivity index (χ2v) is 7.42. The first-order valence-corrected chi connectivity index (χ1v) is 9.84. The average molecular weight is 402 g/mol. The Balaban J connectivity index is 1.62. The third kappa shape index (κ3) is 3.93. The standard InChI is InChI=1S/C25H23NO4/c1-26(15-17-8-4-3-5-9-17)16-20-21(27)13-12-19-24(28)23(30-25(19)20)14-18-10-6-7-11-22(18)29-2/h3-14,27H,15-16H2,1-2H3/p+1. The smallest absolute Gasteiger partial charge is 0.231 e. The Labute approximate surface area is 175 Å². The summed E-state index contributed by atoms with van der Waals surface area (Å²) in [6, 6.07) is 20.8. The summed E-state index contributed by atoms with van der Waals surface area (Å²) in [6.07, 6.45) is 1.68. The first-order valence-electron chi connectivity index (χ1n) is 9.84. The van der Waals surface area contributed by atoms with Gasteiger partial charge in [0.2, 0.25) is 5.78 Å². The monoisotopic (exact) mass is 402 g/mol. The first-order chi connectivity index (χ1) is 14.6. The predicted octanol–water partition coefficient (Wildman–Crippen LogP) is 3.23. The van der Waals surface area contributed by atoms with Gasteiger partial charge in [-0.3, -0.25) is 4.79 Å². The van der Waals surface area contributed by atoms with Crippen molar-refractivity contribution in [3.8, 4) is 17.2 Å². The molecule has 1 atom stereocenters. The summed E-state index contributed by atoms with van der Waals surface area (Å²) in [6.45, 7) is 1.32. The quantitative estimate of drug-likeness (QED) is 0.622. The fourth-order valence-electron chi connectivity index (χ4n) is 3.70. The van der Waals surface area contributed by atoms with Gasteiger partial charge >= 0.3 is 0 Å². The van der Waals surface area contributed by atoms with E-state index in [1.165, 1.54) is 10.5 Å². The van der Waals surface area contributed by atoms with Crippen LogP contribution in [-0.4, -0.2) is 25.0 Å². The second-order valence-electron chi connectivity index (χ2n) is 7.42. The third-order valence-electron chi connectivity index (χ3n) is 5.17. The maximum absolute atomic E-state index is 12.9. The van der Waals surface area contributed by atoms with Gasteiger partial charge in [-0.25, -0.2) is 0 Å². The Morgan fingerprint density at radius 3 is 2.50 bits per heavy atom. The van der Waals surface area contributed by atoms with E-state index >= 15 is 0 Å². The van der Waals surface area contributed by atoms with E-state index in [1.54, 1.807) is 25.3 Å². The highest BCUT2D eigenvalue weighted by atomic mass is 16.5. The molecule has 1 unspecified atom stereocenters. The topological polar surface area (TPSA) is 60.2 Å². The normalized spacial score (nSPS) is 15.0. The minimum atomic E-state index is -0.196. The number of nitrogens with one attached hydrogen (secondary N) is 1. The Kier molecular flexibility index (Phi) is 5.55. The SMILES string of the molecule is COc1ccccc1C=C1Oc2c(ccc(O)c2C[NH+](C)Cc2ccccc2)C1=O. The highest BCUT2D eigenvalue weighted by Gasteiger charge is 2.32. The van der Waals surface area contributed by atoms with E-state index in [9.17, 15) is 9.90 Å². The van der Waals surface area contributed by atoms with Crippen molar-refractivity contribution in [2.45, 2.75) is 13.1 Å². The molecule has 0 saturated carbocycles. The van der Waals surface area contributed by atoms with Crippen molar-refractivity contribution >= 4 is 11.9 Å². The lowest BCUT2D eigenvalue weighted by Gasteiger charge is -2.16. The van der Waals surface area contributed by atoms with E-state index in [1.807, 2.05) is 49.5 Å². The lowest BCUT2D eigenvalue weighted by Crippen LogP contribution is -3.06. The van der Waals surface area contributed by atoms with E-state index < -0.39 is 0 Å². The number of quaternary nitrogens is 1. The van der Waals surface area contributed by atoms with Gasteiger partial charge in [0.1, 0.15) is 24.6 Å². The van der Waals surface area contributed by atoms with Gasteiger partial charge in [0.05, 0.1) is 25.3 Å². The molecular weight excluding hydrogens is 378 g/mol. The zero-order valence-corrected chi connectivity index (χ0v) is 17.0. The van der Waals surface area contributed by atoms with Gasteiger partial charge < -0.3 is 19.5 Å². The second kappa shape index (κ2) is 8.43. The molecule has 5 heteroatoms. The number of Topliss-reactive ketones (excluding diaryl/α,β-unsaturated/α-hetero) is 1. The van der Waals surface area contributed by atoms with Crippen LogP contribution in [0.5, 0.6) is 17.2 Å². The number of allylic oxidation sites excluding steroid dienone is 1. The Bertz CT molecular complexity index is 1110. The van der Waals surface area contributed by atoms with Crippen LogP contribution in [0.4, 0.5) is 0 Å². The van der Waals surface area contributed by atoms with Crippen LogP contribution in [0.3, 0.4) is 0 Å². The van der Waals surface area contributed by atoms with Gasteiger partial charge in [-0.2, -0.15) is 0 Å². The molecule has 0 aliphatic carbocycles. The van der Waals surface area contributed by atoms with E-state index in [-0.39, 0.29) is 17.3 Å². The zero-order valence-electron chi connectivity index (χ0n) is 17.0. The summed E-state index contributed by atoms with van der Waals surface area (Å²) in [4.78, 5) is 14.1. The average Bonchev–Trinajstić information content (AvgIpc) is 3.07. The number of phenols is 1. The molecule has 0 fully saturated rings. The molecule has 1 aliphatic rings. The summed E-state index contributed by atoms with van der Waals surface area (Å²) in [5, 5.41) is 10.5. The molecule has 152 valence electrons. The number of aromatic hydroxyl groups is 1. The van der Waals surface area contributed by atoms with E-state index in [0.29, 0.717) is 29.2 Å². The number of ether oxygens (including phenoxy) is 2. The van der Waals surface area contributed by atoms with Crippen LogP contribution in [0.25, 0.3) is 6.08 Å². The van der Waals surface area contributed by atoms with Crippen LogP contribution < -0.4 is 14.4 Å². The Hall–Kier alpha value is -3.57. The van der Waals surface area contributed by atoms with Crippen molar-refractivity contribution in [2.75, 3.05) is 14.2 Å². The molecule has 0 radical (unpaired) electrons. The van der Waals surface area contributed by atoms with Gasteiger partial charge in [-0.05, 0) is 24.3 Å². The maximum atomic E-state index is 12.9. The summed E-state index contributed by atoms with van der Waals surface area (Å²) in [5.74, 6) is 1.26. The number of hydrogen-bond donors (Lipinski definition) is 2. The highest BCUT2D eigenvalue weighted by molar-refractivity contribution is 6.15. The zero-order chi connectivity index (χ0) is 21.1. The molecule has 1 aliphatic heterocycles. The fourth-order valence-corrected chi connectivity index (χ4v) is 3.70. The summed E-state index contributed by atoms with van der Waals surface area (Å²) in [5.41, 5.74) is 3.07. The molecule has 5 nitrogen and oxygen atoms in total. The number of carbonyl (C=O) groups excluding carboxylic acids is 1. The van der Waals surface area contributed by atoms with E-state index in [0.717, 1.165) is 12.1 Å². The predicted molar refractivity (Wildman–Crippen MR) is 115 cm³/mol.